The summed E-state index contributed by atoms with van der Waals surface area (Å²) < 4.78 is 0. The number of hydrogen-bond acceptors (Lipinski definition) is 0. The topological polar surface area (TPSA) is 0 Å². The molecule has 0 aromatic heterocycles. The molecule has 0 radical (unpaired) electrons. The van der Waals surface area contributed by atoms with E-state index in [0.29, 0.717) is 0 Å². The molecule has 0 amide bonds. The quantitative estimate of drug-likeness (QED) is 0.666. The lowest BCUT2D eigenvalue weighted by Gasteiger charge is -2.25. The van der Waals surface area contributed by atoms with Crippen molar-refractivity contribution >= 4 is 6.08 Å². The summed E-state index contributed by atoms with van der Waals surface area (Å²) in [5.74, 6) is 0.816. The Labute approximate surface area is 115 Å². The van der Waals surface area contributed by atoms with Crippen molar-refractivity contribution in [3.05, 3.63) is 65.7 Å². The van der Waals surface area contributed by atoms with Gasteiger partial charge in [-0.3, -0.25) is 0 Å². The predicted molar refractivity (Wildman–Crippen MR) is 83.3 cm³/mol. The molecule has 0 heteroatoms. The third-order valence-electron chi connectivity index (χ3n) is 4.32. The molecule has 0 N–H and O–H groups in total. The lowest BCUT2D eigenvalue weighted by Crippen LogP contribution is -2.08. The molecule has 19 heavy (non-hydrogen) atoms. The van der Waals surface area contributed by atoms with Crippen LogP contribution in [0.1, 0.15) is 41.9 Å². The van der Waals surface area contributed by atoms with Crippen molar-refractivity contribution in [2.45, 2.75) is 32.1 Å². The average molecular weight is 248 g/mol. The summed E-state index contributed by atoms with van der Waals surface area (Å²) in [4.78, 5) is 0. The van der Waals surface area contributed by atoms with Crippen LogP contribution in [0, 0.1) is 6.92 Å². The third-order valence-corrected chi connectivity index (χ3v) is 4.32. The average Bonchev–Trinajstić information content (AvgIpc) is 2.38. The van der Waals surface area contributed by atoms with E-state index in [0.717, 1.165) is 5.92 Å². The summed E-state index contributed by atoms with van der Waals surface area (Å²) in [5, 5.41) is 0. The van der Waals surface area contributed by atoms with Crippen molar-refractivity contribution in [3.8, 4) is 11.1 Å². The van der Waals surface area contributed by atoms with Gasteiger partial charge >= 0.3 is 0 Å². The van der Waals surface area contributed by atoms with Gasteiger partial charge in [-0.1, -0.05) is 55.5 Å². The van der Waals surface area contributed by atoms with Gasteiger partial charge in [0.2, 0.25) is 0 Å². The van der Waals surface area contributed by atoms with Crippen LogP contribution in [0.5, 0.6) is 0 Å². The summed E-state index contributed by atoms with van der Waals surface area (Å²) in [6.07, 6.45) is 6.06. The maximum absolute atomic E-state index is 3.88. The lowest BCUT2D eigenvalue weighted by atomic mass is 9.80. The molecule has 2 aromatic rings. The Morgan fingerprint density at radius 1 is 1.00 bits per heavy atom. The van der Waals surface area contributed by atoms with Gasteiger partial charge < -0.3 is 0 Å². The highest BCUT2D eigenvalue weighted by Gasteiger charge is 2.18. The van der Waals surface area contributed by atoms with Crippen LogP contribution in [0.25, 0.3) is 17.2 Å². The van der Waals surface area contributed by atoms with E-state index in [2.05, 4.69) is 56.0 Å². The molecular weight excluding hydrogens is 228 g/mol. The van der Waals surface area contributed by atoms with E-state index in [9.17, 15) is 0 Å². The first kappa shape index (κ1) is 12.2. The fourth-order valence-corrected chi connectivity index (χ4v) is 2.73. The van der Waals surface area contributed by atoms with Crippen molar-refractivity contribution < 1.29 is 0 Å². The Bertz CT molecular complexity index is 586. The molecule has 1 fully saturated rings. The zero-order chi connectivity index (χ0) is 13.2. The fraction of sp³-hybridized carbons (Fsp3) is 0.263. The molecule has 0 saturated heterocycles. The van der Waals surface area contributed by atoms with E-state index in [1.807, 2.05) is 6.08 Å². The highest BCUT2D eigenvalue weighted by atomic mass is 14.2. The molecule has 0 bridgehead atoms. The highest BCUT2D eigenvalue weighted by Crippen LogP contribution is 2.37. The SMILES string of the molecule is C=Cc1cc(-c2ccc(C3CCC3)cc2)ccc1C. The van der Waals surface area contributed by atoms with Gasteiger partial charge in [-0.05, 0) is 59.6 Å². The van der Waals surface area contributed by atoms with Crippen LogP contribution in [0.3, 0.4) is 0 Å². The third kappa shape index (κ3) is 2.35. The van der Waals surface area contributed by atoms with Gasteiger partial charge in [0.15, 0.2) is 0 Å². The lowest BCUT2D eigenvalue weighted by molar-refractivity contribution is 0.420. The van der Waals surface area contributed by atoms with E-state index in [4.69, 9.17) is 0 Å². The Hall–Kier alpha value is -1.82. The Morgan fingerprint density at radius 2 is 1.68 bits per heavy atom. The monoisotopic (exact) mass is 248 g/mol. The van der Waals surface area contributed by atoms with Gasteiger partial charge in [0.05, 0.1) is 0 Å². The standard InChI is InChI=1S/C19H20/c1-3-15-13-19(8-7-14(15)2)18-11-9-17(10-12-18)16-5-4-6-16/h3,7-13,16H,1,4-6H2,2H3. The maximum Gasteiger partial charge on any atom is -0.0162 e. The van der Waals surface area contributed by atoms with Crippen LogP contribution in [-0.4, -0.2) is 0 Å². The number of benzene rings is 2. The Morgan fingerprint density at radius 3 is 2.26 bits per heavy atom. The van der Waals surface area contributed by atoms with Crippen molar-refractivity contribution in [3.63, 3.8) is 0 Å². The second kappa shape index (κ2) is 5.05. The molecule has 3 rings (SSSR count). The summed E-state index contributed by atoms with van der Waals surface area (Å²) >= 11 is 0. The number of hydrogen-bond donors (Lipinski definition) is 0. The van der Waals surface area contributed by atoms with E-state index < -0.39 is 0 Å². The summed E-state index contributed by atoms with van der Waals surface area (Å²) in [6, 6.07) is 15.7. The summed E-state index contributed by atoms with van der Waals surface area (Å²) in [5.41, 5.74) is 6.59. The number of aryl methyl sites for hydroxylation is 1. The molecule has 1 saturated carbocycles. The van der Waals surface area contributed by atoms with Gasteiger partial charge in [-0.25, -0.2) is 0 Å². The maximum atomic E-state index is 3.88. The molecule has 1 aliphatic carbocycles. The van der Waals surface area contributed by atoms with Gasteiger partial charge in [-0.15, -0.1) is 0 Å². The second-order valence-corrected chi connectivity index (χ2v) is 5.53. The van der Waals surface area contributed by atoms with Crippen molar-refractivity contribution in [2.75, 3.05) is 0 Å². The molecular formula is C19H20. The normalized spacial score (nSPS) is 15.0. The minimum atomic E-state index is 0.816. The van der Waals surface area contributed by atoms with E-state index in [-0.39, 0.29) is 0 Å². The van der Waals surface area contributed by atoms with E-state index >= 15 is 0 Å². The van der Waals surface area contributed by atoms with Gasteiger partial charge in [0.1, 0.15) is 0 Å². The van der Waals surface area contributed by atoms with Crippen LogP contribution < -0.4 is 0 Å². The van der Waals surface area contributed by atoms with Crippen LogP contribution >= 0.6 is 0 Å². The molecule has 1 aliphatic rings. The highest BCUT2D eigenvalue weighted by molar-refractivity contribution is 5.68. The van der Waals surface area contributed by atoms with Crippen LogP contribution in [-0.2, 0) is 0 Å². The van der Waals surface area contributed by atoms with Gasteiger partial charge in [0, 0.05) is 0 Å². The second-order valence-electron chi connectivity index (χ2n) is 5.53. The first-order valence-electron chi connectivity index (χ1n) is 7.11. The van der Waals surface area contributed by atoms with Crippen LogP contribution in [0.2, 0.25) is 0 Å². The first-order valence-corrected chi connectivity index (χ1v) is 7.11. The molecule has 0 unspecified atom stereocenters. The Kier molecular flexibility index (Phi) is 3.25. The number of rotatable bonds is 3. The van der Waals surface area contributed by atoms with Gasteiger partial charge in [-0.2, -0.15) is 0 Å². The first-order chi connectivity index (χ1) is 9.28. The van der Waals surface area contributed by atoms with E-state index in [1.165, 1.54) is 47.1 Å². The molecule has 0 aliphatic heterocycles. The Balaban J connectivity index is 1.91. The van der Waals surface area contributed by atoms with Crippen molar-refractivity contribution in [1.82, 2.24) is 0 Å². The van der Waals surface area contributed by atoms with Crippen molar-refractivity contribution in [1.29, 1.82) is 0 Å². The smallest absolute Gasteiger partial charge is 0.0162 e. The molecule has 96 valence electrons. The molecule has 0 spiro atoms. The molecule has 0 nitrogen and oxygen atoms in total. The van der Waals surface area contributed by atoms with Crippen molar-refractivity contribution in [2.24, 2.45) is 0 Å². The molecule has 0 atom stereocenters. The summed E-state index contributed by atoms with van der Waals surface area (Å²) in [6.45, 7) is 6.01. The largest absolute Gasteiger partial charge is 0.0985 e. The predicted octanol–water partition coefficient (Wildman–Crippen LogP) is 5.57. The van der Waals surface area contributed by atoms with E-state index in [1.54, 1.807) is 0 Å². The van der Waals surface area contributed by atoms with Crippen LogP contribution in [0.15, 0.2) is 49.0 Å². The minimum absolute atomic E-state index is 0.816. The molecule has 0 heterocycles. The molecule has 2 aromatic carbocycles. The zero-order valence-electron chi connectivity index (χ0n) is 11.5. The fourth-order valence-electron chi connectivity index (χ4n) is 2.73. The van der Waals surface area contributed by atoms with Gasteiger partial charge in [0.25, 0.3) is 0 Å². The minimum Gasteiger partial charge on any atom is -0.0985 e. The summed E-state index contributed by atoms with van der Waals surface area (Å²) in [7, 11) is 0. The zero-order valence-corrected chi connectivity index (χ0v) is 11.5. The van der Waals surface area contributed by atoms with Crippen LogP contribution in [0.4, 0.5) is 0 Å².